The molecule has 172 valence electrons. The molecule has 0 saturated carbocycles. The number of nitrogens with zero attached hydrogens (tertiary/aromatic N) is 2. The molecule has 0 bridgehead atoms. The molecule has 2 aromatic rings. The molecule has 1 amide bonds. The maximum atomic E-state index is 14.0. The average Bonchev–Trinajstić information content (AvgIpc) is 2.77. The Hall–Kier alpha value is -3.00. The smallest absolute Gasteiger partial charge is 0.221 e. The van der Waals surface area contributed by atoms with E-state index in [2.05, 4.69) is 32.7 Å². The molecular formula is C24H31F2N5O. The van der Waals surface area contributed by atoms with E-state index in [0.717, 1.165) is 37.6 Å². The number of aliphatic imine (C=N–C) groups is 1. The van der Waals surface area contributed by atoms with E-state index in [1.807, 2.05) is 12.1 Å². The Morgan fingerprint density at radius 1 is 1.25 bits per heavy atom. The first-order valence-electron chi connectivity index (χ1n) is 10.9. The Morgan fingerprint density at radius 2 is 2.03 bits per heavy atom. The number of nitrogens with two attached hydrogens (primary N) is 1. The van der Waals surface area contributed by atoms with E-state index < -0.39 is 11.6 Å². The van der Waals surface area contributed by atoms with E-state index in [4.69, 9.17) is 5.73 Å². The van der Waals surface area contributed by atoms with Crippen LogP contribution in [0.3, 0.4) is 0 Å². The molecule has 1 aliphatic heterocycles. The number of nitrogens with one attached hydrogen (secondary N) is 2. The molecule has 2 atom stereocenters. The van der Waals surface area contributed by atoms with Gasteiger partial charge in [0.2, 0.25) is 5.91 Å². The fourth-order valence-electron chi connectivity index (χ4n) is 4.04. The average molecular weight is 444 g/mol. The Balaban J connectivity index is 1.56. The van der Waals surface area contributed by atoms with Crippen LogP contribution in [0.15, 0.2) is 47.5 Å². The fraction of sp³-hybridized carbons (Fsp3) is 0.417. The quantitative estimate of drug-likeness (QED) is 0.454. The number of piperidine rings is 1. The van der Waals surface area contributed by atoms with Gasteiger partial charge in [-0.3, -0.25) is 14.7 Å². The van der Waals surface area contributed by atoms with Gasteiger partial charge in [-0.05, 0) is 43.5 Å². The third-order valence-corrected chi connectivity index (χ3v) is 5.77. The maximum Gasteiger partial charge on any atom is 0.221 e. The molecule has 4 N–H and O–H groups in total. The first kappa shape index (κ1) is 23.7. The van der Waals surface area contributed by atoms with Gasteiger partial charge in [0.15, 0.2) is 5.96 Å². The second kappa shape index (κ2) is 11.0. The number of benzene rings is 2. The predicted molar refractivity (Wildman–Crippen MR) is 122 cm³/mol. The number of carbonyl (C=O) groups excluding carboxylic acids is 1. The van der Waals surface area contributed by atoms with Crippen molar-refractivity contribution in [1.29, 1.82) is 0 Å². The van der Waals surface area contributed by atoms with Crippen molar-refractivity contribution in [3.63, 3.8) is 0 Å². The summed E-state index contributed by atoms with van der Waals surface area (Å²) in [6.45, 7) is 4.76. The Bertz CT molecular complexity index is 965. The lowest BCUT2D eigenvalue weighted by Gasteiger charge is -2.31. The van der Waals surface area contributed by atoms with Gasteiger partial charge in [0.25, 0.3) is 0 Å². The van der Waals surface area contributed by atoms with Gasteiger partial charge in [0.1, 0.15) is 11.6 Å². The van der Waals surface area contributed by atoms with Crippen LogP contribution in [0.25, 0.3) is 0 Å². The predicted octanol–water partition coefficient (Wildman–Crippen LogP) is 3.09. The van der Waals surface area contributed by atoms with Crippen molar-refractivity contribution in [3.8, 4) is 0 Å². The summed E-state index contributed by atoms with van der Waals surface area (Å²) in [4.78, 5) is 18.0. The summed E-state index contributed by atoms with van der Waals surface area (Å²) in [5.74, 6) is -0.968. The highest BCUT2D eigenvalue weighted by Gasteiger charge is 2.23. The van der Waals surface area contributed by atoms with Gasteiger partial charge in [-0.25, -0.2) is 8.78 Å². The van der Waals surface area contributed by atoms with E-state index in [-0.39, 0.29) is 17.9 Å². The van der Waals surface area contributed by atoms with E-state index in [1.54, 1.807) is 14.0 Å². The molecule has 1 saturated heterocycles. The Morgan fingerprint density at radius 3 is 2.75 bits per heavy atom. The van der Waals surface area contributed by atoms with Gasteiger partial charge in [0.05, 0.1) is 12.0 Å². The molecule has 2 unspecified atom stereocenters. The monoisotopic (exact) mass is 443 g/mol. The van der Waals surface area contributed by atoms with Crippen molar-refractivity contribution >= 4 is 11.9 Å². The number of rotatable bonds is 7. The van der Waals surface area contributed by atoms with E-state index in [9.17, 15) is 13.6 Å². The first-order valence-corrected chi connectivity index (χ1v) is 10.9. The Kier molecular flexibility index (Phi) is 8.16. The SMILES string of the molecule is CN=C(NCc1cccc(CN2CCCC(C(N)=O)C2)c1)NC(C)c1ccc(F)cc1F. The lowest BCUT2D eigenvalue weighted by atomic mass is 9.97. The summed E-state index contributed by atoms with van der Waals surface area (Å²) in [6.07, 6.45) is 1.84. The van der Waals surface area contributed by atoms with Crippen LogP contribution in [0.2, 0.25) is 0 Å². The molecule has 1 fully saturated rings. The van der Waals surface area contributed by atoms with Gasteiger partial charge in [0, 0.05) is 38.3 Å². The summed E-state index contributed by atoms with van der Waals surface area (Å²) in [7, 11) is 1.64. The molecule has 8 heteroatoms. The molecule has 0 aliphatic carbocycles. The van der Waals surface area contributed by atoms with Crippen LogP contribution in [0.5, 0.6) is 0 Å². The van der Waals surface area contributed by atoms with Crippen LogP contribution >= 0.6 is 0 Å². The highest BCUT2D eigenvalue weighted by Crippen LogP contribution is 2.19. The summed E-state index contributed by atoms with van der Waals surface area (Å²) < 4.78 is 27.2. The van der Waals surface area contributed by atoms with Crippen LogP contribution in [0.4, 0.5) is 8.78 Å². The van der Waals surface area contributed by atoms with Crippen LogP contribution < -0.4 is 16.4 Å². The molecule has 6 nitrogen and oxygen atoms in total. The van der Waals surface area contributed by atoms with Crippen molar-refractivity contribution in [2.45, 2.75) is 38.9 Å². The fourth-order valence-corrected chi connectivity index (χ4v) is 4.04. The van der Waals surface area contributed by atoms with Crippen molar-refractivity contribution < 1.29 is 13.6 Å². The van der Waals surface area contributed by atoms with E-state index in [0.29, 0.717) is 24.6 Å². The number of hydrogen-bond acceptors (Lipinski definition) is 3. The Labute approximate surface area is 187 Å². The number of carbonyl (C=O) groups is 1. The van der Waals surface area contributed by atoms with Crippen molar-refractivity contribution in [1.82, 2.24) is 15.5 Å². The van der Waals surface area contributed by atoms with Crippen molar-refractivity contribution in [2.75, 3.05) is 20.1 Å². The minimum atomic E-state index is -0.601. The normalized spacial score (nSPS) is 18.2. The largest absolute Gasteiger partial charge is 0.369 e. The van der Waals surface area contributed by atoms with Gasteiger partial charge in [-0.1, -0.05) is 30.3 Å². The standard InChI is InChI=1S/C24H31F2N5O/c1-16(21-9-8-20(25)12-22(21)26)30-24(28-2)29-13-17-5-3-6-18(11-17)14-31-10-4-7-19(15-31)23(27)32/h3,5-6,8-9,11-12,16,19H,4,7,10,13-15H2,1-2H3,(H2,27,32)(H2,28,29,30). The first-order chi connectivity index (χ1) is 15.4. The zero-order valence-corrected chi connectivity index (χ0v) is 18.6. The van der Waals surface area contributed by atoms with Crippen LogP contribution in [-0.4, -0.2) is 36.9 Å². The second-order valence-electron chi connectivity index (χ2n) is 8.25. The molecular weight excluding hydrogens is 412 g/mol. The zero-order valence-electron chi connectivity index (χ0n) is 18.6. The van der Waals surface area contributed by atoms with Crippen LogP contribution in [0.1, 0.15) is 42.5 Å². The molecule has 32 heavy (non-hydrogen) atoms. The van der Waals surface area contributed by atoms with E-state index in [1.165, 1.54) is 17.7 Å². The van der Waals surface area contributed by atoms with Crippen molar-refractivity contribution in [3.05, 3.63) is 70.8 Å². The third-order valence-electron chi connectivity index (χ3n) is 5.77. The lowest BCUT2D eigenvalue weighted by molar-refractivity contribution is -0.123. The van der Waals surface area contributed by atoms with E-state index >= 15 is 0 Å². The number of primary amides is 1. The number of likely N-dealkylation sites (tertiary alicyclic amines) is 1. The maximum absolute atomic E-state index is 14.0. The topological polar surface area (TPSA) is 82.8 Å². The molecule has 2 aromatic carbocycles. The highest BCUT2D eigenvalue weighted by molar-refractivity contribution is 5.80. The third kappa shape index (κ3) is 6.50. The van der Waals surface area contributed by atoms with Gasteiger partial charge >= 0.3 is 0 Å². The van der Waals surface area contributed by atoms with Gasteiger partial charge < -0.3 is 16.4 Å². The van der Waals surface area contributed by atoms with Crippen LogP contribution in [-0.2, 0) is 17.9 Å². The van der Waals surface area contributed by atoms with Gasteiger partial charge in [-0.15, -0.1) is 0 Å². The highest BCUT2D eigenvalue weighted by atomic mass is 19.1. The number of guanidine groups is 1. The van der Waals surface area contributed by atoms with Crippen molar-refractivity contribution in [2.24, 2.45) is 16.6 Å². The molecule has 1 aliphatic rings. The molecule has 0 spiro atoms. The van der Waals surface area contributed by atoms with Crippen LogP contribution in [0, 0.1) is 17.6 Å². The summed E-state index contributed by atoms with van der Waals surface area (Å²) in [6, 6.07) is 11.4. The molecule has 3 rings (SSSR count). The molecule has 1 heterocycles. The molecule has 0 aromatic heterocycles. The lowest BCUT2D eigenvalue weighted by Crippen LogP contribution is -2.40. The molecule has 0 radical (unpaired) electrons. The minimum Gasteiger partial charge on any atom is -0.369 e. The number of amides is 1. The minimum absolute atomic E-state index is 0.0732. The summed E-state index contributed by atoms with van der Waals surface area (Å²) in [5.41, 5.74) is 8.10. The summed E-state index contributed by atoms with van der Waals surface area (Å²) in [5, 5.41) is 6.37. The number of halogens is 2. The van der Waals surface area contributed by atoms with Gasteiger partial charge in [-0.2, -0.15) is 0 Å². The number of hydrogen-bond donors (Lipinski definition) is 3. The second-order valence-corrected chi connectivity index (χ2v) is 8.25. The zero-order chi connectivity index (χ0) is 23.1. The summed E-state index contributed by atoms with van der Waals surface area (Å²) >= 11 is 0.